The second kappa shape index (κ2) is 10.7. The van der Waals surface area contributed by atoms with E-state index in [1.54, 1.807) is 31.4 Å². The summed E-state index contributed by atoms with van der Waals surface area (Å²) in [5.74, 6) is 0.00588. The van der Waals surface area contributed by atoms with E-state index >= 15 is 0 Å². The van der Waals surface area contributed by atoms with Crippen LogP contribution in [0.5, 0.6) is 5.75 Å². The number of nitrogens with zero attached hydrogens (tertiary/aromatic N) is 1. The lowest BCUT2D eigenvalue weighted by atomic mass is 9.83. The van der Waals surface area contributed by atoms with Crippen molar-refractivity contribution in [2.75, 3.05) is 19.0 Å². The van der Waals surface area contributed by atoms with Crippen LogP contribution in [0.25, 0.3) is 0 Å². The Morgan fingerprint density at radius 1 is 1.09 bits per heavy atom. The minimum Gasteiger partial charge on any atom is -0.496 e. The lowest BCUT2D eigenvalue weighted by Gasteiger charge is -2.41. The van der Waals surface area contributed by atoms with Crippen LogP contribution in [0.2, 0.25) is 0 Å². The van der Waals surface area contributed by atoms with E-state index in [1.807, 2.05) is 29.2 Å². The number of likely N-dealkylation sites (tertiary alicyclic amines) is 1. The number of nitrogens with one attached hydrogen (secondary N) is 2. The first kappa shape index (κ1) is 23.8. The van der Waals surface area contributed by atoms with Crippen molar-refractivity contribution in [1.29, 1.82) is 0 Å². The number of amides is 3. The highest BCUT2D eigenvalue weighted by Gasteiger charge is 2.41. The minimum atomic E-state index is -0.435. The van der Waals surface area contributed by atoms with Gasteiger partial charge in [-0.25, -0.2) is 0 Å². The van der Waals surface area contributed by atoms with E-state index in [9.17, 15) is 14.4 Å². The zero-order valence-corrected chi connectivity index (χ0v) is 19.9. The molecule has 2 aromatic carbocycles. The zero-order valence-electron chi connectivity index (χ0n) is 19.9. The van der Waals surface area contributed by atoms with Gasteiger partial charge < -0.3 is 20.3 Å². The molecule has 2 aliphatic rings. The maximum absolute atomic E-state index is 13.6. The smallest absolute Gasteiger partial charge is 0.251 e. The second-order valence-electron chi connectivity index (χ2n) is 9.09. The zero-order chi connectivity index (χ0) is 24.1. The third-order valence-electron chi connectivity index (χ3n) is 6.56. The van der Waals surface area contributed by atoms with Crippen LogP contribution in [0.15, 0.2) is 48.5 Å². The number of rotatable bonds is 9. The lowest BCUT2D eigenvalue weighted by molar-refractivity contribution is -0.142. The van der Waals surface area contributed by atoms with Gasteiger partial charge in [0.15, 0.2) is 0 Å². The molecule has 4 rings (SSSR count). The van der Waals surface area contributed by atoms with E-state index in [0.29, 0.717) is 36.4 Å². The number of carbonyl (C=O) groups is 3. The van der Waals surface area contributed by atoms with E-state index in [4.69, 9.17) is 4.74 Å². The molecular weight excluding hydrogens is 430 g/mol. The molecule has 0 unspecified atom stereocenters. The summed E-state index contributed by atoms with van der Waals surface area (Å²) in [7, 11) is 1.60. The van der Waals surface area contributed by atoms with Crippen LogP contribution in [0.1, 0.15) is 67.4 Å². The number of hydrogen-bond acceptors (Lipinski definition) is 4. The quantitative estimate of drug-likeness (QED) is 0.580. The molecule has 2 aromatic rings. The first-order chi connectivity index (χ1) is 16.5. The predicted molar refractivity (Wildman–Crippen MR) is 131 cm³/mol. The molecule has 7 heteroatoms. The Balaban J connectivity index is 1.59. The Kier molecular flexibility index (Phi) is 7.50. The monoisotopic (exact) mass is 463 g/mol. The Hall–Kier alpha value is -3.35. The molecule has 0 aromatic heterocycles. The van der Waals surface area contributed by atoms with Crippen LogP contribution < -0.4 is 15.4 Å². The Bertz CT molecular complexity index is 1050. The molecule has 1 heterocycles. The van der Waals surface area contributed by atoms with Crippen molar-refractivity contribution in [1.82, 2.24) is 10.2 Å². The summed E-state index contributed by atoms with van der Waals surface area (Å²) < 4.78 is 5.60. The molecule has 1 aliphatic heterocycles. The summed E-state index contributed by atoms with van der Waals surface area (Å²) in [5, 5.41) is 5.98. The van der Waals surface area contributed by atoms with Crippen molar-refractivity contribution in [3.63, 3.8) is 0 Å². The second-order valence-corrected chi connectivity index (χ2v) is 9.09. The van der Waals surface area contributed by atoms with Crippen molar-refractivity contribution >= 4 is 23.4 Å². The highest BCUT2D eigenvalue weighted by Crippen LogP contribution is 2.41. The van der Waals surface area contributed by atoms with Gasteiger partial charge in [0.25, 0.3) is 5.91 Å². The molecule has 2 N–H and O–H groups in total. The Morgan fingerprint density at radius 3 is 2.62 bits per heavy atom. The van der Waals surface area contributed by atoms with E-state index in [2.05, 4.69) is 17.6 Å². The van der Waals surface area contributed by atoms with E-state index in [-0.39, 0.29) is 23.8 Å². The number of anilines is 1. The van der Waals surface area contributed by atoms with Gasteiger partial charge >= 0.3 is 0 Å². The molecule has 7 nitrogen and oxygen atoms in total. The largest absolute Gasteiger partial charge is 0.496 e. The topological polar surface area (TPSA) is 87.7 Å². The summed E-state index contributed by atoms with van der Waals surface area (Å²) in [6, 6.07) is 14.5. The van der Waals surface area contributed by atoms with Crippen LogP contribution in [0.3, 0.4) is 0 Å². The van der Waals surface area contributed by atoms with Crippen molar-refractivity contribution < 1.29 is 19.1 Å². The highest BCUT2D eigenvalue weighted by molar-refractivity contribution is 5.98. The predicted octanol–water partition coefficient (Wildman–Crippen LogP) is 4.31. The van der Waals surface area contributed by atoms with Crippen molar-refractivity contribution in [3.05, 3.63) is 59.7 Å². The molecule has 0 bridgehead atoms. The number of piperidine rings is 1. The molecule has 34 heavy (non-hydrogen) atoms. The van der Waals surface area contributed by atoms with E-state index in [1.165, 1.54) is 0 Å². The van der Waals surface area contributed by atoms with Gasteiger partial charge in [-0.05, 0) is 49.9 Å². The van der Waals surface area contributed by atoms with Crippen LogP contribution in [-0.4, -0.2) is 42.3 Å². The van der Waals surface area contributed by atoms with E-state index in [0.717, 1.165) is 31.2 Å². The molecule has 1 saturated carbocycles. The number of carbonyl (C=O) groups excluding carboxylic acids is 3. The Labute approximate surface area is 200 Å². The number of benzene rings is 2. The molecule has 2 fully saturated rings. The first-order valence-corrected chi connectivity index (χ1v) is 12.2. The van der Waals surface area contributed by atoms with Gasteiger partial charge in [0.05, 0.1) is 19.1 Å². The number of ether oxygens (including phenoxy) is 1. The average Bonchev–Trinajstić information content (AvgIpc) is 3.67. The summed E-state index contributed by atoms with van der Waals surface area (Å²) in [4.78, 5) is 40.8. The van der Waals surface area contributed by atoms with Crippen LogP contribution in [-0.2, 0) is 9.59 Å². The summed E-state index contributed by atoms with van der Waals surface area (Å²) in [5.41, 5.74) is 1.94. The fourth-order valence-corrected chi connectivity index (χ4v) is 4.58. The van der Waals surface area contributed by atoms with Gasteiger partial charge in [0, 0.05) is 35.8 Å². The Morgan fingerprint density at radius 2 is 1.88 bits per heavy atom. The normalized spacial score (nSPS) is 20.1. The van der Waals surface area contributed by atoms with Gasteiger partial charge in [-0.3, -0.25) is 14.4 Å². The molecule has 1 aliphatic carbocycles. The maximum atomic E-state index is 13.6. The molecule has 0 spiro atoms. The SMILES string of the molecule is CCCCN1C(=O)CC[C@H](C(=O)Nc2cccc(C(=O)NC3CC3)c2)[C@H]1c1ccccc1OC. The minimum absolute atomic E-state index is 0.0622. The van der Waals surface area contributed by atoms with Crippen LogP contribution >= 0.6 is 0 Å². The fourth-order valence-electron chi connectivity index (χ4n) is 4.58. The van der Waals surface area contributed by atoms with Gasteiger partial charge in [-0.15, -0.1) is 0 Å². The number of unbranched alkanes of at least 4 members (excludes halogenated alkanes) is 1. The summed E-state index contributed by atoms with van der Waals surface area (Å²) in [6.45, 7) is 2.68. The third kappa shape index (κ3) is 5.41. The van der Waals surface area contributed by atoms with Crippen molar-refractivity contribution in [2.45, 2.75) is 57.5 Å². The van der Waals surface area contributed by atoms with Gasteiger partial charge in [-0.2, -0.15) is 0 Å². The standard InChI is InChI=1S/C27H33N3O4/c1-3-4-16-30-24(31)15-14-22(25(30)21-10-5-6-11-23(21)34-2)27(33)29-20-9-7-8-18(17-20)26(32)28-19-12-13-19/h5-11,17,19,22,25H,3-4,12-16H2,1-2H3,(H,28,32)(H,29,33)/t22-,25+/m0/s1. The average molecular weight is 464 g/mol. The maximum Gasteiger partial charge on any atom is 0.251 e. The van der Waals surface area contributed by atoms with Crippen molar-refractivity contribution in [2.24, 2.45) is 5.92 Å². The summed E-state index contributed by atoms with van der Waals surface area (Å²) >= 11 is 0. The molecule has 180 valence electrons. The summed E-state index contributed by atoms with van der Waals surface area (Å²) in [6.07, 6.45) is 4.64. The lowest BCUT2D eigenvalue weighted by Crippen LogP contribution is -2.47. The third-order valence-corrected chi connectivity index (χ3v) is 6.56. The van der Waals surface area contributed by atoms with E-state index < -0.39 is 12.0 Å². The molecule has 2 atom stereocenters. The number of para-hydroxylation sites is 1. The van der Waals surface area contributed by atoms with Gasteiger partial charge in [-0.1, -0.05) is 37.6 Å². The van der Waals surface area contributed by atoms with Gasteiger partial charge in [0.2, 0.25) is 11.8 Å². The van der Waals surface area contributed by atoms with Crippen LogP contribution in [0.4, 0.5) is 5.69 Å². The van der Waals surface area contributed by atoms with Gasteiger partial charge in [0.1, 0.15) is 5.75 Å². The molecule has 0 radical (unpaired) electrons. The molecule has 1 saturated heterocycles. The number of methoxy groups -OCH3 is 1. The fraction of sp³-hybridized carbons (Fsp3) is 0.444. The molecule has 3 amide bonds. The highest BCUT2D eigenvalue weighted by atomic mass is 16.5. The molecular formula is C27H33N3O4. The number of hydrogen-bond donors (Lipinski definition) is 2. The first-order valence-electron chi connectivity index (χ1n) is 12.2. The van der Waals surface area contributed by atoms with Crippen molar-refractivity contribution in [3.8, 4) is 5.75 Å². The van der Waals surface area contributed by atoms with Crippen LogP contribution in [0, 0.1) is 5.92 Å².